The van der Waals surface area contributed by atoms with Crippen LogP contribution in [0.25, 0.3) is 22.8 Å². The summed E-state index contributed by atoms with van der Waals surface area (Å²) in [6, 6.07) is 6.32. The molecule has 4 rings (SSSR count). The van der Waals surface area contributed by atoms with Crippen molar-refractivity contribution in [1.29, 1.82) is 0 Å². The summed E-state index contributed by atoms with van der Waals surface area (Å²) in [5, 5.41) is 22.1. The predicted molar refractivity (Wildman–Crippen MR) is 134 cm³/mol. The molecule has 2 N–H and O–H groups in total. The van der Waals surface area contributed by atoms with E-state index in [0.717, 1.165) is 45.0 Å². The molecular formula is C26H33N5O3. The van der Waals surface area contributed by atoms with Crippen LogP contribution in [-0.2, 0) is 20.1 Å². The Bertz CT molecular complexity index is 1210. The number of ether oxygens (including phenoxy) is 2. The zero-order chi connectivity index (χ0) is 24.2. The number of hydrogen-bond acceptors (Lipinski definition) is 6. The molecule has 0 spiro atoms. The molecule has 1 aromatic carbocycles. The number of nitrogens with zero attached hydrogens (tertiary/aromatic N) is 4. The van der Waals surface area contributed by atoms with Crippen molar-refractivity contribution in [3.05, 3.63) is 59.4 Å². The lowest BCUT2D eigenvalue weighted by molar-refractivity contribution is 0.199. The first-order chi connectivity index (χ1) is 16.4. The summed E-state index contributed by atoms with van der Waals surface area (Å²) in [5.41, 5.74) is 6.86. The van der Waals surface area contributed by atoms with E-state index in [4.69, 9.17) is 9.47 Å². The van der Waals surface area contributed by atoms with Gasteiger partial charge in [-0.25, -0.2) is 4.68 Å². The first-order valence-electron chi connectivity index (χ1n) is 11.6. The van der Waals surface area contributed by atoms with Crippen LogP contribution in [0.3, 0.4) is 0 Å². The van der Waals surface area contributed by atoms with E-state index in [2.05, 4.69) is 47.2 Å². The molecule has 0 aliphatic carbocycles. The van der Waals surface area contributed by atoms with Crippen molar-refractivity contribution in [1.82, 2.24) is 24.9 Å². The summed E-state index contributed by atoms with van der Waals surface area (Å²) in [6.07, 6.45) is 5.75. The summed E-state index contributed by atoms with van der Waals surface area (Å²) in [4.78, 5) is 0. The molecule has 0 unspecified atom stereocenters. The van der Waals surface area contributed by atoms with E-state index in [1.165, 1.54) is 0 Å². The van der Waals surface area contributed by atoms with Gasteiger partial charge >= 0.3 is 0 Å². The summed E-state index contributed by atoms with van der Waals surface area (Å²) >= 11 is 0. The topological polar surface area (TPSA) is 86.4 Å². The van der Waals surface area contributed by atoms with Crippen molar-refractivity contribution >= 4 is 11.6 Å². The molecule has 0 saturated carbocycles. The summed E-state index contributed by atoms with van der Waals surface area (Å²) in [5.74, 6) is 1.28. The van der Waals surface area contributed by atoms with Gasteiger partial charge in [-0.15, -0.1) is 5.10 Å². The third-order valence-electron chi connectivity index (χ3n) is 5.92. The SMILES string of the molecule is C=C1/C=C/c2c(OCC)nn(CCO)c2CNC[C@@H](C)Oc2c(cnn2C)-c2ccc(C)c1c2. The number of benzene rings is 1. The highest BCUT2D eigenvalue weighted by atomic mass is 16.5. The third kappa shape index (κ3) is 4.78. The van der Waals surface area contributed by atoms with Crippen molar-refractivity contribution in [2.75, 3.05) is 19.8 Å². The zero-order valence-corrected chi connectivity index (χ0v) is 20.3. The first kappa shape index (κ1) is 23.8. The minimum Gasteiger partial charge on any atom is -0.476 e. The summed E-state index contributed by atoms with van der Waals surface area (Å²) < 4.78 is 15.7. The van der Waals surface area contributed by atoms with Crippen molar-refractivity contribution in [3.8, 4) is 22.9 Å². The third-order valence-corrected chi connectivity index (χ3v) is 5.92. The monoisotopic (exact) mass is 463 g/mol. The molecule has 0 radical (unpaired) electrons. The Morgan fingerprint density at radius 2 is 2.12 bits per heavy atom. The summed E-state index contributed by atoms with van der Waals surface area (Å²) in [6.45, 7) is 12.4. The Morgan fingerprint density at radius 1 is 1.29 bits per heavy atom. The van der Waals surface area contributed by atoms with Crippen LogP contribution in [0.1, 0.15) is 36.2 Å². The van der Waals surface area contributed by atoms with Gasteiger partial charge in [-0.1, -0.05) is 24.8 Å². The molecular weight excluding hydrogens is 430 g/mol. The molecule has 1 aliphatic heterocycles. The van der Waals surface area contributed by atoms with Crippen LogP contribution in [0.5, 0.6) is 11.8 Å². The van der Waals surface area contributed by atoms with E-state index in [1.807, 2.05) is 39.2 Å². The lowest BCUT2D eigenvalue weighted by atomic mass is 9.96. The second-order valence-corrected chi connectivity index (χ2v) is 8.48. The van der Waals surface area contributed by atoms with Gasteiger partial charge in [0.15, 0.2) is 0 Å². The van der Waals surface area contributed by atoms with Gasteiger partial charge in [-0.2, -0.15) is 5.10 Å². The van der Waals surface area contributed by atoms with Crippen molar-refractivity contribution in [2.24, 2.45) is 7.05 Å². The van der Waals surface area contributed by atoms with Gasteiger partial charge in [0.25, 0.3) is 0 Å². The van der Waals surface area contributed by atoms with Gasteiger partial charge in [-0.3, -0.25) is 4.68 Å². The zero-order valence-electron chi connectivity index (χ0n) is 20.3. The molecule has 3 heterocycles. The lowest BCUT2D eigenvalue weighted by Crippen LogP contribution is -2.30. The van der Waals surface area contributed by atoms with Crippen LogP contribution in [0.2, 0.25) is 0 Å². The van der Waals surface area contributed by atoms with Crippen LogP contribution in [0, 0.1) is 6.92 Å². The van der Waals surface area contributed by atoms with Gasteiger partial charge in [-0.05, 0) is 55.2 Å². The number of aliphatic hydroxyl groups is 1. The Kier molecular flexibility index (Phi) is 7.19. The Labute approximate surface area is 200 Å². The number of aryl methyl sites for hydroxylation is 2. The number of aliphatic hydroxyl groups excluding tert-OH is 1. The standard InChI is InChI=1S/C26H33N5O3/c1-6-33-25-21-10-8-18(3)22-13-20(9-7-17(22)2)23-15-28-30(5)26(23)34-19(4)14-27-16-24(21)31(29-25)11-12-32/h7-10,13,15,19,27,32H,3,6,11-12,14,16H2,1-2,4-5H3/b10-8+/t19-/m1/s1. The highest BCUT2D eigenvalue weighted by molar-refractivity contribution is 5.83. The largest absolute Gasteiger partial charge is 0.476 e. The molecule has 0 amide bonds. The molecule has 1 aliphatic rings. The van der Waals surface area contributed by atoms with Crippen molar-refractivity contribution in [3.63, 3.8) is 0 Å². The normalized spacial score (nSPS) is 17.2. The van der Waals surface area contributed by atoms with Gasteiger partial charge in [0.1, 0.15) is 6.10 Å². The fourth-order valence-electron chi connectivity index (χ4n) is 4.16. The number of rotatable bonds is 4. The predicted octanol–water partition coefficient (Wildman–Crippen LogP) is 3.58. The number of fused-ring (bicyclic) bond motifs is 5. The molecule has 180 valence electrons. The molecule has 8 heteroatoms. The number of nitrogens with one attached hydrogen (secondary N) is 1. The van der Waals surface area contributed by atoms with Crippen LogP contribution in [0.4, 0.5) is 0 Å². The molecule has 2 aromatic heterocycles. The number of aromatic nitrogens is 4. The highest BCUT2D eigenvalue weighted by Gasteiger charge is 2.20. The Morgan fingerprint density at radius 3 is 2.88 bits per heavy atom. The first-order valence-corrected chi connectivity index (χ1v) is 11.6. The maximum Gasteiger partial charge on any atom is 0.240 e. The van der Waals surface area contributed by atoms with E-state index in [-0.39, 0.29) is 12.7 Å². The Hall–Kier alpha value is -3.36. The van der Waals surface area contributed by atoms with E-state index >= 15 is 0 Å². The van der Waals surface area contributed by atoms with Gasteiger partial charge in [0.05, 0.1) is 42.8 Å². The van der Waals surface area contributed by atoms with Crippen LogP contribution in [-0.4, -0.2) is 50.5 Å². The lowest BCUT2D eigenvalue weighted by Gasteiger charge is -2.17. The van der Waals surface area contributed by atoms with Gasteiger partial charge in [0, 0.05) is 20.1 Å². The average Bonchev–Trinajstić information content (AvgIpc) is 3.32. The molecule has 8 nitrogen and oxygen atoms in total. The maximum absolute atomic E-state index is 9.58. The molecule has 34 heavy (non-hydrogen) atoms. The van der Waals surface area contributed by atoms with Crippen molar-refractivity contribution in [2.45, 2.75) is 40.0 Å². The quantitative estimate of drug-likeness (QED) is 0.615. The maximum atomic E-state index is 9.58. The fourth-order valence-corrected chi connectivity index (χ4v) is 4.16. The van der Waals surface area contributed by atoms with Crippen molar-refractivity contribution < 1.29 is 14.6 Å². The molecule has 2 bridgehead atoms. The second kappa shape index (κ2) is 10.3. The van der Waals surface area contributed by atoms with E-state index in [1.54, 1.807) is 9.36 Å². The van der Waals surface area contributed by atoms with Crippen LogP contribution in [0.15, 0.2) is 37.1 Å². The number of hydrogen-bond donors (Lipinski definition) is 2. The van der Waals surface area contributed by atoms with Crippen LogP contribution < -0.4 is 14.8 Å². The minimum atomic E-state index is -0.0984. The average molecular weight is 464 g/mol. The molecule has 0 saturated heterocycles. The molecule has 0 fully saturated rings. The Balaban J connectivity index is 1.83. The molecule has 3 aromatic rings. The van der Waals surface area contributed by atoms with E-state index < -0.39 is 0 Å². The van der Waals surface area contributed by atoms with Gasteiger partial charge < -0.3 is 19.9 Å². The fraction of sp³-hybridized carbons (Fsp3) is 0.385. The smallest absolute Gasteiger partial charge is 0.240 e. The second-order valence-electron chi connectivity index (χ2n) is 8.48. The van der Waals surface area contributed by atoms with E-state index in [9.17, 15) is 5.11 Å². The molecule has 1 atom stereocenters. The van der Waals surface area contributed by atoms with Gasteiger partial charge in [0.2, 0.25) is 11.8 Å². The summed E-state index contributed by atoms with van der Waals surface area (Å²) in [7, 11) is 1.89. The van der Waals surface area contributed by atoms with Crippen LogP contribution >= 0.6 is 0 Å². The number of allylic oxidation sites excluding steroid dienone is 2. The highest BCUT2D eigenvalue weighted by Crippen LogP contribution is 2.34. The minimum absolute atomic E-state index is 0.00905. The van der Waals surface area contributed by atoms with E-state index in [0.29, 0.717) is 32.1 Å².